The van der Waals surface area contributed by atoms with Gasteiger partial charge in [0.25, 0.3) is 0 Å². The van der Waals surface area contributed by atoms with Gasteiger partial charge in [0.05, 0.1) is 11.3 Å². The monoisotopic (exact) mass is 619 g/mol. The number of benzene rings is 2. The summed E-state index contributed by atoms with van der Waals surface area (Å²) in [5, 5.41) is 15.6. The molecule has 2 aromatic carbocycles. The first kappa shape index (κ1) is 36.6. The molecule has 1 saturated heterocycles. The molecule has 2 heterocycles. The Labute approximate surface area is 266 Å². The zero-order valence-electron chi connectivity index (χ0n) is 26.8. The summed E-state index contributed by atoms with van der Waals surface area (Å²) in [4.78, 5) is 26.3. The number of allylic oxidation sites excluding steroid dienone is 1. The van der Waals surface area contributed by atoms with E-state index in [4.69, 9.17) is 32.4 Å². The molecule has 244 valence electrons. The van der Waals surface area contributed by atoms with Gasteiger partial charge in [-0.2, -0.15) is 5.90 Å². The van der Waals surface area contributed by atoms with Crippen LogP contribution in [0.15, 0.2) is 66.7 Å². The molecule has 13 nitrogen and oxygen atoms in total. The molecule has 0 bridgehead atoms. The fraction of sp³-hybridized carbons (Fsp3) is 0.375. The molecule has 0 unspecified atom stereocenters. The second kappa shape index (κ2) is 18.3. The van der Waals surface area contributed by atoms with Crippen molar-refractivity contribution in [3.63, 3.8) is 0 Å². The lowest BCUT2D eigenvalue weighted by molar-refractivity contribution is -0.0980. The van der Waals surface area contributed by atoms with Gasteiger partial charge in [-0.3, -0.25) is 10.3 Å². The summed E-state index contributed by atoms with van der Waals surface area (Å²) in [7, 11) is 1.50. The molecule has 1 aliphatic rings. The zero-order valence-corrected chi connectivity index (χ0v) is 26.8. The van der Waals surface area contributed by atoms with E-state index in [9.17, 15) is 0 Å². The van der Waals surface area contributed by atoms with Crippen molar-refractivity contribution in [2.45, 2.75) is 20.8 Å². The van der Waals surface area contributed by atoms with Gasteiger partial charge >= 0.3 is 0 Å². The van der Waals surface area contributed by atoms with Crippen LogP contribution < -0.4 is 38.6 Å². The van der Waals surface area contributed by atoms with E-state index < -0.39 is 0 Å². The van der Waals surface area contributed by atoms with Gasteiger partial charge < -0.3 is 42.4 Å². The number of nitrogens with zero attached hydrogens (tertiary/aromatic N) is 4. The standard InChI is InChI=1S/C30H42N10O.CH5N.CH2O/c1-30(2,3)25(41-34)12-14-35-22-6-8-23(9-7-22)38-29-26(28(33)36-20-37-29)27(32)21-4-10-24(11-5-21)40-18-16-39(15-13-31)17-19-40;2*1-2/h4-12,20,32,35H,13-19,31,34H2,1-3H3,(H3,33,36,37,38);2H2,1H3;1H2/b25-12-,32-27?;;. The molecule has 13 heteroatoms. The van der Waals surface area contributed by atoms with Crippen molar-refractivity contribution >= 4 is 41.2 Å². The maximum atomic E-state index is 8.94. The molecule has 0 amide bonds. The molecule has 1 aromatic heterocycles. The second-order valence-electron chi connectivity index (χ2n) is 11.0. The van der Waals surface area contributed by atoms with Crippen molar-refractivity contribution in [2.75, 3.05) is 74.1 Å². The molecule has 0 radical (unpaired) electrons. The third kappa shape index (κ3) is 10.5. The van der Waals surface area contributed by atoms with Gasteiger partial charge in [-0.05, 0) is 49.5 Å². The summed E-state index contributed by atoms with van der Waals surface area (Å²) < 4.78 is 0. The van der Waals surface area contributed by atoms with Gasteiger partial charge in [0, 0.05) is 73.9 Å². The first-order valence-electron chi connectivity index (χ1n) is 14.7. The predicted octanol–water partition coefficient (Wildman–Crippen LogP) is 2.92. The fourth-order valence-electron chi connectivity index (χ4n) is 4.74. The van der Waals surface area contributed by atoms with Crippen LogP contribution in [-0.2, 0) is 9.63 Å². The highest BCUT2D eigenvalue weighted by Crippen LogP contribution is 2.27. The van der Waals surface area contributed by atoms with Crippen molar-refractivity contribution in [1.29, 1.82) is 5.41 Å². The first-order chi connectivity index (χ1) is 21.7. The minimum atomic E-state index is -0.169. The van der Waals surface area contributed by atoms with E-state index in [0.717, 1.165) is 61.1 Å². The van der Waals surface area contributed by atoms with Gasteiger partial charge in [0.2, 0.25) is 0 Å². The number of aromatic nitrogens is 2. The molecule has 0 saturated carbocycles. The minimum Gasteiger partial charge on any atom is -0.416 e. The Hall–Kier alpha value is -4.56. The van der Waals surface area contributed by atoms with Crippen LogP contribution >= 0.6 is 0 Å². The fourth-order valence-corrected chi connectivity index (χ4v) is 4.74. The largest absolute Gasteiger partial charge is 0.416 e. The molecular formula is C32H49N11O2. The minimum absolute atomic E-state index is 0.169. The zero-order chi connectivity index (χ0) is 33.4. The Kier molecular flexibility index (Phi) is 14.9. The number of hydrogen-bond acceptors (Lipinski definition) is 13. The van der Waals surface area contributed by atoms with Gasteiger partial charge in [0.1, 0.15) is 30.5 Å². The second-order valence-corrected chi connectivity index (χ2v) is 11.0. The maximum Gasteiger partial charge on any atom is 0.145 e. The van der Waals surface area contributed by atoms with Gasteiger partial charge in [-0.15, -0.1) is 0 Å². The summed E-state index contributed by atoms with van der Waals surface area (Å²) in [6, 6.07) is 15.8. The van der Waals surface area contributed by atoms with Crippen LogP contribution in [0.4, 0.5) is 28.7 Å². The van der Waals surface area contributed by atoms with Crippen molar-refractivity contribution in [3.8, 4) is 0 Å². The number of nitrogens with two attached hydrogens (primary N) is 4. The van der Waals surface area contributed by atoms with E-state index in [1.807, 2.05) is 70.0 Å². The summed E-state index contributed by atoms with van der Waals surface area (Å²) in [6.45, 7) is 14.2. The average Bonchev–Trinajstić information content (AvgIpc) is 3.05. The van der Waals surface area contributed by atoms with Crippen LogP contribution in [0.1, 0.15) is 31.9 Å². The number of anilines is 5. The molecule has 1 fully saturated rings. The van der Waals surface area contributed by atoms with Crippen LogP contribution in [0.25, 0.3) is 0 Å². The number of rotatable bonds is 11. The molecule has 3 aromatic rings. The van der Waals surface area contributed by atoms with E-state index in [-0.39, 0.29) is 16.9 Å². The average molecular weight is 620 g/mol. The summed E-state index contributed by atoms with van der Waals surface area (Å²) in [5.74, 6) is 6.85. The first-order valence-corrected chi connectivity index (χ1v) is 14.7. The van der Waals surface area contributed by atoms with Crippen LogP contribution in [-0.4, -0.2) is 80.2 Å². The Morgan fingerprint density at radius 2 is 1.60 bits per heavy atom. The van der Waals surface area contributed by atoms with E-state index in [1.165, 1.54) is 13.4 Å². The van der Waals surface area contributed by atoms with Crippen LogP contribution in [0.2, 0.25) is 0 Å². The van der Waals surface area contributed by atoms with Crippen LogP contribution in [0, 0.1) is 10.8 Å². The summed E-state index contributed by atoms with van der Waals surface area (Å²) >= 11 is 0. The topological polar surface area (TPSA) is 211 Å². The highest BCUT2D eigenvalue weighted by atomic mass is 16.6. The normalized spacial score (nSPS) is 13.5. The number of nitrogen functional groups attached to an aromatic ring is 1. The van der Waals surface area contributed by atoms with Crippen molar-refractivity contribution in [1.82, 2.24) is 14.9 Å². The molecular weight excluding hydrogens is 570 g/mol. The van der Waals surface area contributed by atoms with E-state index in [2.05, 4.69) is 48.3 Å². The summed E-state index contributed by atoms with van der Waals surface area (Å²) in [6.07, 6.45) is 3.33. The third-order valence-corrected chi connectivity index (χ3v) is 7.07. The van der Waals surface area contributed by atoms with Crippen LogP contribution in [0.5, 0.6) is 0 Å². The number of hydrogen-bond donors (Lipinski definition) is 7. The van der Waals surface area contributed by atoms with Crippen molar-refractivity contribution < 1.29 is 9.63 Å². The Morgan fingerprint density at radius 3 is 2.16 bits per heavy atom. The van der Waals surface area contributed by atoms with E-state index >= 15 is 0 Å². The lowest BCUT2D eigenvalue weighted by Gasteiger charge is -2.36. The Bertz CT molecular complexity index is 1350. The van der Waals surface area contributed by atoms with Gasteiger partial charge in [0.15, 0.2) is 0 Å². The molecule has 0 atom stereocenters. The number of carbonyl (C=O) groups is 1. The molecule has 0 aliphatic carbocycles. The number of nitrogens with one attached hydrogen (secondary N) is 3. The lowest BCUT2D eigenvalue weighted by Crippen LogP contribution is -2.47. The SMILES string of the molecule is C=O.CC(C)(C)/C(=C/CNc1ccc(Nc2ncnc(N)c2C(=N)c2ccc(N3CCN(CCN)CC3)cc2)cc1)ON.CN. The molecule has 0 spiro atoms. The Balaban J connectivity index is 0.00000169. The molecule has 45 heavy (non-hydrogen) atoms. The summed E-state index contributed by atoms with van der Waals surface area (Å²) in [5.41, 5.74) is 20.6. The lowest BCUT2D eigenvalue weighted by atomic mass is 9.93. The Morgan fingerprint density at radius 1 is 1.00 bits per heavy atom. The molecule has 1 aliphatic heterocycles. The number of piperazine rings is 1. The van der Waals surface area contributed by atoms with Gasteiger partial charge in [-0.1, -0.05) is 32.9 Å². The highest BCUT2D eigenvalue weighted by molar-refractivity contribution is 6.16. The molecule has 11 N–H and O–H groups in total. The quantitative estimate of drug-likeness (QED) is 0.0938. The van der Waals surface area contributed by atoms with Crippen molar-refractivity contribution in [2.24, 2.45) is 22.8 Å². The van der Waals surface area contributed by atoms with Crippen molar-refractivity contribution in [3.05, 3.63) is 77.8 Å². The van der Waals surface area contributed by atoms with Gasteiger partial charge in [-0.25, -0.2) is 9.97 Å². The number of carbonyl (C=O) groups excluding carboxylic acids is 1. The van der Waals surface area contributed by atoms with Crippen LogP contribution in [0.3, 0.4) is 0 Å². The maximum absolute atomic E-state index is 8.94. The van der Waals surface area contributed by atoms with E-state index in [0.29, 0.717) is 24.5 Å². The smallest absolute Gasteiger partial charge is 0.145 e. The predicted molar refractivity (Wildman–Crippen MR) is 185 cm³/mol. The van der Waals surface area contributed by atoms with E-state index in [1.54, 1.807) is 0 Å². The highest BCUT2D eigenvalue weighted by Gasteiger charge is 2.20. The third-order valence-electron chi connectivity index (χ3n) is 7.07. The molecule has 4 rings (SSSR count).